The number of nitrogens with one attached hydrogen (secondary N) is 1. The molecule has 0 radical (unpaired) electrons. The van der Waals surface area contributed by atoms with Crippen LogP contribution < -0.4 is 5.32 Å². The molecule has 0 aliphatic heterocycles. The molecule has 0 spiro atoms. The van der Waals surface area contributed by atoms with Gasteiger partial charge in [0, 0.05) is 5.75 Å². The van der Waals surface area contributed by atoms with E-state index in [-0.39, 0.29) is 6.61 Å². The Morgan fingerprint density at radius 3 is 2.75 bits per heavy atom. The Bertz CT molecular complexity index is 202. The zero-order chi connectivity index (χ0) is 12.2. The van der Waals surface area contributed by atoms with Crippen molar-refractivity contribution < 1.29 is 24.5 Å². The van der Waals surface area contributed by atoms with E-state index in [4.69, 9.17) is 14.9 Å². The summed E-state index contributed by atoms with van der Waals surface area (Å²) in [4.78, 5) is 20.7. The summed E-state index contributed by atoms with van der Waals surface area (Å²) in [7, 11) is 0. The van der Waals surface area contributed by atoms with Crippen LogP contribution in [0.15, 0.2) is 0 Å². The number of carbonyl (C=O) groups is 2. The van der Waals surface area contributed by atoms with E-state index in [0.29, 0.717) is 31.8 Å². The molecule has 0 aromatic heterocycles. The zero-order valence-electron chi connectivity index (χ0n) is 8.92. The monoisotopic (exact) mass is 251 g/mol. The molecule has 1 amide bonds. The lowest BCUT2D eigenvalue weighted by molar-refractivity contribution is -0.140. The first kappa shape index (κ1) is 15.2. The molecule has 0 aromatic carbocycles. The lowest BCUT2D eigenvalue weighted by Crippen LogP contribution is -2.36. The standard InChI is InChI=1S/C9H17NO5S/c11-2-3-15-4-6-16-5-1-8(9(13)14)10-7-12/h7-8,11H,1-6H2,(H,10,12)(H,13,14). The number of amides is 1. The van der Waals surface area contributed by atoms with Crippen LogP contribution >= 0.6 is 11.8 Å². The van der Waals surface area contributed by atoms with E-state index in [1.165, 1.54) is 0 Å². The van der Waals surface area contributed by atoms with Crippen LogP contribution in [0.2, 0.25) is 0 Å². The minimum absolute atomic E-state index is 0.00894. The van der Waals surface area contributed by atoms with Gasteiger partial charge in [-0.1, -0.05) is 0 Å². The van der Waals surface area contributed by atoms with Gasteiger partial charge >= 0.3 is 5.97 Å². The van der Waals surface area contributed by atoms with Crippen LogP contribution in [-0.2, 0) is 14.3 Å². The van der Waals surface area contributed by atoms with Gasteiger partial charge in [0.15, 0.2) is 0 Å². The van der Waals surface area contributed by atoms with Crippen molar-refractivity contribution in [3.05, 3.63) is 0 Å². The number of thioether (sulfide) groups is 1. The highest BCUT2D eigenvalue weighted by Gasteiger charge is 2.14. The molecule has 1 unspecified atom stereocenters. The van der Waals surface area contributed by atoms with Gasteiger partial charge in [0.2, 0.25) is 6.41 Å². The van der Waals surface area contributed by atoms with E-state index in [1.807, 2.05) is 0 Å². The van der Waals surface area contributed by atoms with Crippen LogP contribution in [0.3, 0.4) is 0 Å². The fraction of sp³-hybridized carbons (Fsp3) is 0.778. The molecule has 0 bridgehead atoms. The normalized spacial score (nSPS) is 12.1. The molecule has 0 saturated heterocycles. The van der Waals surface area contributed by atoms with Crippen LogP contribution in [0.5, 0.6) is 0 Å². The van der Waals surface area contributed by atoms with Gasteiger partial charge in [0.25, 0.3) is 0 Å². The number of hydrogen-bond donors (Lipinski definition) is 3. The SMILES string of the molecule is O=CNC(CCSCCOCCO)C(=O)O. The van der Waals surface area contributed by atoms with Crippen molar-refractivity contribution in [3.8, 4) is 0 Å². The third-order valence-corrected chi connectivity index (χ3v) is 2.71. The van der Waals surface area contributed by atoms with Crippen molar-refractivity contribution in [1.82, 2.24) is 5.32 Å². The second-order valence-electron chi connectivity index (χ2n) is 2.91. The summed E-state index contributed by atoms with van der Waals surface area (Å²) >= 11 is 1.55. The van der Waals surface area contributed by atoms with E-state index >= 15 is 0 Å². The maximum atomic E-state index is 10.6. The number of carbonyl (C=O) groups excluding carboxylic acids is 1. The predicted molar refractivity (Wildman–Crippen MR) is 60.5 cm³/mol. The van der Waals surface area contributed by atoms with Crippen LogP contribution in [-0.4, -0.2) is 60.0 Å². The van der Waals surface area contributed by atoms with Crippen molar-refractivity contribution in [1.29, 1.82) is 0 Å². The summed E-state index contributed by atoms with van der Waals surface area (Å²) in [6.07, 6.45) is 0.784. The van der Waals surface area contributed by atoms with Gasteiger partial charge in [0.1, 0.15) is 6.04 Å². The fourth-order valence-electron chi connectivity index (χ4n) is 0.948. The Labute approximate surface area is 98.4 Å². The maximum absolute atomic E-state index is 10.6. The third-order valence-electron chi connectivity index (χ3n) is 1.73. The molecular weight excluding hydrogens is 234 g/mol. The number of carboxylic acids is 1. The Kier molecular flexibility index (Phi) is 10.2. The van der Waals surface area contributed by atoms with Crippen molar-refractivity contribution in [2.45, 2.75) is 12.5 Å². The van der Waals surface area contributed by atoms with Gasteiger partial charge in [0.05, 0.1) is 19.8 Å². The van der Waals surface area contributed by atoms with Gasteiger partial charge in [-0.25, -0.2) is 4.79 Å². The van der Waals surface area contributed by atoms with Gasteiger partial charge < -0.3 is 20.3 Å². The van der Waals surface area contributed by atoms with Gasteiger partial charge in [-0.05, 0) is 12.2 Å². The lowest BCUT2D eigenvalue weighted by atomic mass is 10.2. The molecule has 0 heterocycles. The number of hydrogen-bond acceptors (Lipinski definition) is 5. The Morgan fingerprint density at radius 2 is 2.19 bits per heavy atom. The smallest absolute Gasteiger partial charge is 0.326 e. The maximum Gasteiger partial charge on any atom is 0.326 e. The van der Waals surface area contributed by atoms with Crippen LogP contribution in [0.4, 0.5) is 0 Å². The minimum Gasteiger partial charge on any atom is -0.480 e. The number of rotatable bonds is 11. The average molecular weight is 251 g/mol. The van der Waals surface area contributed by atoms with E-state index in [0.717, 1.165) is 5.75 Å². The van der Waals surface area contributed by atoms with E-state index < -0.39 is 12.0 Å². The molecule has 7 heteroatoms. The highest BCUT2D eigenvalue weighted by atomic mass is 32.2. The predicted octanol–water partition coefficient (Wildman–Crippen LogP) is -0.682. The second kappa shape index (κ2) is 10.7. The number of aliphatic carboxylic acids is 1. The molecular formula is C9H17NO5S. The molecule has 0 saturated carbocycles. The number of carboxylic acid groups (broad SMARTS) is 1. The summed E-state index contributed by atoms with van der Waals surface area (Å²) in [5.74, 6) is 0.359. The molecule has 0 aliphatic rings. The summed E-state index contributed by atoms with van der Waals surface area (Å²) in [6, 6.07) is -0.816. The third kappa shape index (κ3) is 8.51. The molecule has 0 aliphatic carbocycles. The molecule has 94 valence electrons. The summed E-state index contributed by atoms with van der Waals surface area (Å²) in [5, 5.41) is 19.4. The van der Waals surface area contributed by atoms with Gasteiger partial charge in [-0.2, -0.15) is 11.8 Å². The lowest BCUT2D eigenvalue weighted by Gasteiger charge is -2.10. The largest absolute Gasteiger partial charge is 0.480 e. The van der Waals surface area contributed by atoms with Crippen molar-refractivity contribution in [2.24, 2.45) is 0 Å². The first-order chi connectivity index (χ1) is 7.72. The molecule has 0 rings (SSSR count). The quantitative estimate of drug-likeness (QED) is 0.332. The van der Waals surface area contributed by atoms with Gasteiger partial charge in [-0.3, -0.25) is 4.79 Å². The van der Waals surface area contributed by atoms with Crippen LogP contribution in [0, 0.1) is 0 Å². The van der Waals surface area contributed by atoms with E-state index in [1.54, 1.807) is 11.8 Å². The van der Waals surface area contributed by atoms with Crippen molar-refractivity contribution >= 4 is 24.1 Å². The molecule has 16 heavy (non-hydrogen) atoms. The van der Waals surface area contributed by atoms with Crippen LogP contribution in [0.1, 0.15) is 6.42 Å². The minimum atomic E-state index is -1.02. The summed E-state index contributed by atoms with van der Waals surface area (Å²) in [5.41, 5.74) is 0. The summed E-state index contributed by atoms with van der Waals surface area (Å²) in [6.45, 7) is 0.865. The number of aliphatic hydroxyl groups is 1. The number of aliphatic hydroxyl groups excluding tert-OH is 1. The number of ether oxygens (including phenoxy) is 1. The zero-order valence-corrected chi connectivity index (χ0v) is 9.74. The van der Waals surface area contributed by atoms with Crippen molar-refractivity contribution in [2.75, 3.05) is 31.3 Å². The first-order valence-electron chi connectivity index (χ1n) is 4.91. The summed E-state index contributed by atoms with van der Waals surface area (Å²) < 4.78 is 5.03. The average Bonchev–Trinajstić information content (AvgIpc) is 2.26. The molecule has 0 fully saturated rings. The highest BCUT2D eigenvalue weighted by Crippen LogP contribution is 2.05. The Hall–Kier alpha value is -0.790. The second-order valence-corrected chi connectivity index (χ2v) is 4.14. The molecule has 3 N–H and O–H groups in total. The molecule has 6 nitrogen and oxygen atoms in total. The molecule has 0 aromatic rings. The Morgan fingerprint density at radius 1 is 1.44 bits per heavy atom. The highest BCUT2D eigenvalue weighted by molar-refractivity contribution is 7.99. The van der Waals surface area contributed by atoms with Crippen molar-refractivity contribution in [3.63, 3.8) is 0 Å². The van der Waals surface area contributed by atoms with Crippen LogP contribution in [0.25, 0.3) is 0 Å². The van der Waals surface area contributed by atoms with E-state index in [9.17, 15) is 9.59 Å². The topological polar surface area (TPSA) is 95.9 Å². The van der Waals surface area contributed by atoms with Gasteiger partial charge in [-0.15, -0.1) is 0 Å². The first-order valence-corrected chi connectivity index (χ1v) is 6.06. The molecule has 1 atom stereocenters. The Balaban J connectivity index is 3.40. The van der Waals surface area contributed by atoms with E-state index in [2.05, 4.69) is 5.32 Å². The fourth-order valence-corrected chi connectivity index (χ4v) is 1.79.